The van der Waals surface area contributed by atoms with E-state index in [2.05, 4.69) is 4.98 Å². The maximum atomic E-state index is 11.1. The van der Waals surface area contributed by atoms with E-state index >= 15 is 0 Å². The van der Waals surface area contributed by atoms with Crippen LogP contribution in [0.4, 0.5) is 0 Å². The van der Waals surface area contributed by atoms with Crippen LogP contribution in [-0.2, 0) is 4.74 Å². The molecule has 0 fully saturated rings. The molecule has 0 bridgehead atoms. The summed E-state index contributed by atoms with van der Waals surface area (Å²) < 4.78 is 4.71. The minimum atomic E-state index is -0.471. The molecule has 4 nitrogen and oxygen atoms in total. The van der Waals surface area contributed by atoms with E-state index in [-0.39, 0.29) is 5.56 Å². The molecule has 4 heteroatoms. The van der Waals surface area contributed by atoms with Gasteiger partial charge in [-0.2, -0.15) is 0 Å². The monoisotopic (exact) mass is 167 g/mol. The van der Waals surface area contributed by atoms with Crippen LogP contribution in [0.25, 0.3) is 0 Å². The van der Waals surface area contributed by atoms with Crippen LogP contribution in [0, 0.1) is 0 Å². The van der Waals surface area contributed by atoms with Crippen molar-refractivity contribution >= 4 is 12.3 Å². The number of H-pyrrole nitrogens is 1. The van der Waals surface area contributed by atoms with Crippen molar-refractivity contribution in [2.45, 2.75) is 6.92 Å². The minimum absolute atomic E-state index is 0.284. The Labute approximate surface area is 69.5 Å². The van der Waals surface area contributed by atoms with Crippen LogP contribution in [0.2, 0.25) is 0 Å². The zero-order valence-electron chi connectivity index (χ0n) is 6.66. The van der Waals surface area contributed by atoms with E-state index in [9.17, 15) is 9.59 Å². The molecule has 0 radical (unpaired) electrons. The van der Waals surface area contributed by atoms with Crippen LogP contribution >= 0.6 is 0 Å². The van der Waals surface area contributed by atoms with Crippen molar-refractivity contribution in [2.24, 2.45) is 0 Å². The Kier molecular flexibility index (Phi) is 2.63. The predicted octanol–water partition coefficient (Wildman–Crippen LogP) is 1.00. The van der Waals surface area contributed by atoms with Gasteiger partial charge in [0, 0.05) is 18.0 Å². The summed E-state index contributed by atoms with van der Waals surface area (Å²) in [5.41, 5.74) is 0.611. The van der Waals surface area contributed by atoms with E-state index in [4.69, 9.17) is 4.74 Å². The van der Waals surface area contributed by atoms with E-state index in [0.29, 0.717) is 18.5 Å². The molecule has 0 aromatic carbocycles. The standard InChI is InChI=1S/C8H9NO3/c1-2-12-8(11)7-4-9-3-6(7)5-10/h3-5,9H,2H2,1H3. The molecular formula is C8H9NO3. The lowest BCUT2D eigenvalue weighted by Crippen LogP contribution is -2.05. The summed E-state index contributed by atoms with van der Waals surface area (Å²) in [6.45, 7) is 2.02. The van der Waals surface area contributed by atoms with Gasteiger partial charge in [0.15, 0.2) is 6.29 Å². The molecule has 0 aliphatic rings. The summed E-state index contributed by atoms with van der Waals surface area (Å²) in [6.07, 6.45) is 3.52. The molecule has 1 aromatic rings. The summed E-state index contributed by atoms with van der Waals surface area (Å²) in [4.78, 5) is 24.1. The third-order valence-electron chi connectivity index (χ3n) is 1.40. The fourth-order valence-electron chi connectivity index (χ4n) is 0.859. The Morgan fingerprint density at radius 3 is 3.00 bits per heavy atom. The van der Waals surface area contributed by atoms with E-state index in [1.54, 1.807) is 6.92 Å². The second-order valence-corrected chi connectivity index (χ2v) is 2.16. The number of carbonyl (C=O) groups excluding carboxylic acids is 2. The van der Waals surface area contributed by atoms with Gasteiger partial charge in [-0.05, 0) is 6.92 Å². The molecule has 1 N–H and O–H groups in total. The Morgan fingerprint density at radius 2 is 2.42 bits per heavy atom. The van der Waals surface area contributed by atoms with E-state index in [0.717, 1.165) is 0 Å². The van der Waals surface area contributed by atoms with Crippen molar-refractivity contribution in [2.75, 3.05) is 6.61 Å². The molecule has 0 saturated heterocycles. The molecule has 0 spiro atoms. The summed E-state index contributed by atoms with van der Waals surface area (Å²) in [5, 5.41) is 0. The van der Waals surface area contributed by atoms with Gasteiger partial charge in [-0.25, -0.2) is 4.79 Å². The topological polar surface area (TPSA) is 59.2 Å². The Hall–Kier alpha value is -1.58. The number of hydrogen-bond acceptors (Lipinski definition) is 3. The maximum Gasteiger partial charge on any atom is 0.340 e. The van der Waals surface area contributed by atoms with Crippen molar-refractivity contribution in [3.05, 3.63) is 23.5 Å². The van der Waals surface area contributed by atoms with Crippen molar-refractivity contribution < 1.29 is 14.3 Å². The molecule has 0 aliphatic heterocycles. The Bertz CT molecular complexity index is 290. The molecule has 0 aliphatic carbocycles. The van der Waals surface area contributed by atoms with E-state index < -0.39 is 5.97 Å². The Morgan fingerprint density at radius 1 is 1.67 bits per heavy atom. The molecule has 1 aromatic heterocycles. The van der Waals surface area contributed by atoms with Crippen molar-refractivity contribution in [3.63, 3.8) is 0 Å². The lowest BCUT2D eigenvalue weighted by Gasteiger charge is -1.98. The normalized spacial score (nSPS) is 9.42. The Balaban J connectivity index is 2.86. The third kappa shape index (κ3) is 1.53. The highest BCUT2D eigenvalue weighted by Gasteiger charge is 2.11. The van der Waals surface area contributed by atoms with Gasteiger partial charge in [0.1, 0.15) is 0 Å². The smallest absolute Gasteiger partial charge is 0.340 e. The quantitative estimate of drug-likeness (QED) is 0.539. The first-order valence-corrected chi connectivity index (χ1v) is 3.58. The molecule has 0 atom stereocenters. The number of aldehydes is 1. The first kappa shape index (κ1) is 8.52. The molecule has 1 heterocycles. The molecule has 0 amide bonds. The highest BCUT2D eigenvalue weighted by molar-refractivity contribution is 5.98. The van der Waals surface area contributed by atoms with Crippen molar-refractivity contribution in [1.29, 1.82) is 0 Å². The molecule has 0 saturated carbocycles. The maximum absolute atomic E-state index is 11.1. The second-order valence-electron chi connectivity index (χ2n) is 2.16. The van der Waals surface area contributed by atoms with Gasteiger partial charge in [0.05, 0.1) is 12.2 Å². The van der Waals surface area contributed by atoms with Gasteiger partial charge in [-0.1, -0.05) is 0 Å². The molecule has 1 rings (SSSR count). The summed E-state index contributed by atoms with van der Waals surface area (Å²) in [6, 6.07) is 0. The van der Waals surface area contributed by atoms with Gasteiger partial charge in [0.25, 0.3) is 0 Å². The zero-order chi connectivity index (χ0) is 8.97. The average molecular weight is 167 g/mol. The first-order chi connectivity index (χ1) is 5.79. The van der Waals surface area contributed by atoms with Crippen LogP contribution in [0.3, 0.4) is 0 Å². The van der Waals surface area contributed by atoms with Crippen molar-refractivity contribution in [3.8, 4) is 0 Å². The number of aromatic amines is 1. The number of carbonyl (C=O) groups is 2. The highest BCUT2D eigenvalue weighted by atomic mass is 16.5. The van der Waals surface area contributed by atoms with Crippen LogP contribution in [0.15, 0.2) is 12.4 Å². The van der Waals surface area contributed by atoms with Gasteiger partial charge < -0.3 is 9.72 Å². The number of nitrogens with one attached hydrogen (secondary N) is 1. The number of esters is 1. The van der Waals surface area contributed by atoms with Crippen LogP contribution in [0.1, 0.15) is 27.6 Å². The zero-order valence-corrected chi connectivity index (χ0v) is 6.66. The van der Waals surface area contributed by atoms with Crippen LogP contribution < -0.4 is 0 Å². The molecule has 0 unspecified atom stereocenters. The van der Waals surface area contributed by atoms with Gasteiger partial charge in [0.2, 0.25) is 0 Å². The fraction of sp³-hybridized carbons (Fsp3) is 0.250. The van der Waals surface area contributed by atoms with Crippen LogP contribution in [-0.4, -0.2) is 23.8 Å². The van der Waals surface area contributed by atoms with Gasteiger partial charge >= 0.3 is 5.97 Å². The number of ether oxygens (including phenoxy) is 1. The summed E-state index contributed by atoms with van der Waals surface area (Å²) in [5.74, 6) is -0.471. The first-order valence-electron chi connectivity index (χ1n) is 3.58. The third-order valence-corrected chi connectivity index (χ3v) is 1.40. The largest absolute Gasteiger partial charge is 0.462 e. The number of rotatable bonds is 3. The minimum Gasteiger partial charge on any atom is -0.462 e. The predicted molar refractivity (Wildman–Crippen MR) is 42.1 cm³/mol. The number of aromatic nitrogens is 1. The molecule has 12 heavy (non-hydrogen) atoms. The lowest BCUT2D eigenvalue weighted by molar-refractivity contribution is 0.0524. The average Bonchev–Trinajstić information content (AvgIpc) is 2.51. The van der Waals surface area contributed by atoms with Gasteiger partial charge in [-0.15, -0.1) is 0 Å². The molecule has 64 valence electrons. The van der Waals surface area contributed by atoms with E-state index in [1.807, 2.05) is 0 Å². The van der Waals surface area contributed by atoms with E-state index in [1.165, 1.54) is 12.4 Å². The SMILES string of the molecule is CCOC(=O)c1c[nH]cc1C=O. The summed E-state index contributed by atoms with van der Waals surface area (Å²) >= 11 is 0. The van der Waals surface area contributed by atoms with Gasteiger partial charge in [-0.3, -0.25) is 4.79 Å². The van der Waals surface area contributed by atoms with Crippen LogP contribution in [0.5, 0.6) is 0 Å². The highest BCUT2D eigenvalue weighted by Crippen LogP contribution is 2.06. The second kappa shape index (κ2) is 3.71. The summed E-state index contributed by atoms with van der Waals surface area (Å²) in [7, 11) is 0. The fourth-order valence-corrected chi connectivity index (χ4v) is 0.859. The van der Waals surface area contributed by atoms with Crippen molar-refractivity contribution in [1.82, 2.24) is 4.98 Å². The molecular weight excluding hydrogens is 158 g/mol. The number of hydrogen-bond donors (Lipinski definition) is 1. The lowest BCUT2D eigenvalue weighted by atomic mass is 10.2.